The van der Waals surface area contributed by atoms with Gasteiger partial charge in [-0.1, -0.05) is 6.92 Å². The number of methoxy groups -OCH3 is 1. The van der Waals surface area contributed by atoms with Crippen LogP contribution in [0, 0.1) is 6.92 Å². The minimum Gasteiger partial charge on any atom is -0.468 e. The molecule has 1 rings (SSSR count). The number of rotatable bonds is 6. The molecule has 1 aromatic heterocycles. The van der Waals surface area contributed by atoms with Crippen molar-refractivity contribution in [1.82, 2.24) is 9.88 Å². The fourth-order valence-corrected chi connectivity index (χ4v) is 2.19. The normalized spacial score (nSPS) is 10.8. The zero-order valence-corrected chi connectivity index (χ0v) is 10.8. The van der Waals surface area contributed by atoms with Gasteiger partial charge < -0.3 is 4.74 Å². The fourth-order valence-electron chi connectivity index (χ4n) is 1.42. The largest absolute Gasteiger partial charge is 0.468 e. The lowest BCUT2D eigenvalue weighted by Crippen LogP contribution is -2.32. The molecule has 4 nitrogen and oxygen atoms in total. The Kier molecular flexibility index (Phi) is 5.42. The Morgan fingerprint density at radius 1 is 1.62 bits per heavy atom. The lowest BCUT2D eigenvalue weighted by atomic mass is 10.3. The first-order valence-electron chi connectivity index (χ1n) is 5.35. The van der Waals surface area contributed by atoms with Crippen molar-refractivity contribution in [3.8, 4) is 0 Å². The topological polar surface area (TPSA) is 42.4 Å². The third kappa shape index (κ3) is 3.90. The number of ether oxygens (including phenoxy) is 1. The van der Waals surface area contributed by atoms with E-state index >= 15 is 0 Å². The molecule has 16 heavy (non-hydrogen) atoms. The summed E-state index contributed by atoms with van der Waals surface area (Å²) < 4.78 is 4.65. The van der Waals surface area contributed by atoms with E-state index in [9.17, 15) is 4.79 Å². The van der Waals surface area contributed by atoms with Crippen LogP contribution in [0.3, 0.4) is 0 Å². The van der Waals surface area contributed by atoms with E-state index in [2.05, 4.69) is 14.6 Å². The van der Waals surface area contributed by atoms with Crippen LogP contribution >= 0.6 is 11.3 Å². The highest BCUT2D eigenvalue weighted by Gasteiger charge is 2.10. The van der Waals surface area contributed by atoms with Gasteiger partial charge in [0, 0.05) is 11.4 Å². The summed E-state index contributed by atoms with van der Waals surface area (Å²) in [6.07, 6.45) is 0.946. The van der Waals surface area contributed by atoms with Crippen molar-refractivity contribution < 1.29 is 9.53 Å². The molecule has 0 N–H and O–H groups in total. The van der Waals surface area contributed by atoms with Gasteiger partial charge in [0.2, 0.25) is 0 Å². The van der Waals surface area contributed by atoms with Crippen molar-refractivity contribution in [3.63, 3.8) is 0 Å². The zero-order chi connectivity index (χ0) is 12.0. The molecule has 0 saturated carbocycles. The van der Waals surface area contributed by atoms with Crippen molar-refractivity contribution in [2.75, 3.05) is 26.7 Å². The van der Waals surface area contributed by atoms with Crippen molar-refractivity contribution in [2.45, 2.75) is 20.3 Å². The van der Waals surface area contributed by atoms with Gasteiger partial charge in [0.1, 0.15) is 0 Å². The predicted octanol–water partition coefficient (Wildman–Crippen LogP) is 1.49. The van der Waals surface area contributed by atoms with Crippen LogP contribution in [0.5, 0.6) is 0 Å². The maximum absolute atomic E-state index is 11.1. The van der Waals surface area contributed by atoms with E-state index in [1.807, 2.05) is 19.4 Å². The first-order valence-corrected chi connectivity index (χ1v) is 6.23. The van der Waals surface area contributed by atoms with Gasteiger partial charge in [-0.2, -0.15) is 0 Å². The van der Waals surface area contributed by atoms with Gasteiger partial charge in [0.25, 0.3) is 0 Å². The van der Waals surface area contributed by atoms with Gasteiger partial charge >= 0.3 is 5.97 Å². The SMILES string of the molecule is CCN(CCc1scnc1C)CC(=O)OC. The third-order valence-corrected chi connectivity index (χ3v) is 3.52. The van der Waals surface area contributed by atoms with E-state index in [1.165, 1.54) is 12.0 Å². The highest BCUT2D eigenvalue weighted by atomic mass is 32.1. The molecular weight excluding hydrogens is 224 g/mol. The van der Waals surface area contributed by atoms with E-state index in [1.54, 1.807) is 11.3 Å². The van der Waals surface area contributed by atoms with Crippen LogP contribution in [0.1, 0.15) is 17.5 Å². The molecule has 0 amide bonds. The maximum Gasteiger partial charge on any atom is 0.319 e. The van der Waals surface area contributed by atoms with Crippen molar-refractivity contribution in [2.24, 2.45) is 0 Å². The number of nitrogens with zero attached hydrogens (tertiary/aromatic N) is 2. The van der Waals surface area contributed by atoms with Gasteiger partial charge in [-0.05, 0) is 19.9 Å². The van der Waals surface area contributed by atoms with Gasteiger partial charge in [-0.3, -0.25) is 9.69 Å². The second-order valence-corrected chi connectivity index (χ2v) is 4.50. The molecule has 1 aromatic rings. The van der Waals surface area contributed by atoms with Crippen molar-refractivity contribution in [1.29, 1.82) is 0 Å². The first-order chi connectivity index (χ1) is 7.67. The summed E-state index contributed by atoms with van der Waals surface area (Å²) in [7, 11) is 1.42. The summed E-state index contributed by atoms with van der Waals surface area (Å²) in [6.45, 7) is 6.15. The van der Waals surface area contributed by atoms with Gasteiger partial charge in [0.05, 0.1) is 24.9 Å². The fraction of sp³-hybridized carbons (Fsp3) is 0.636. The number of esters is 1. The standard InChI is InChI=1S/C11H18N2O2S/c1-4-13(7-11(14)15-3)6-5-10-9(2)12-8-16-10/h8H,4-7H2,1-3H3. The highest BCUT2D eigenvalue weighted by molar-refractivity contribution is 7.09. The quantitative estimate of drug-likeness (QED) is 0.709. The molecular formula is C11H18N2O2S. The minimum absolute atomic E-state index is 0.178. The number of aromatic nitrogens is 1. The first kappa shape index (κ1) is 13.1. The van der Waals surface area contributed by atoms with Crippen molar-refractivity contribution in [3.05, 3.63) is 16.1 Å². The number of hydrogen-bond acceptors (Lipinski definition) is 5. The van der Waals surface area contributed by atoms with E-state index < -0.39 is 0 Å². The summed E-state index contributed by atoms with van der Waals surface area (Å²) in [5.74, 6) is -0.178. The number of carbonyl (C=O) groups is 1. The lowest BCUT2D eigenvalue weighted by molar-refractivity contribution is -0.141. The van der Waals surface area contributed by atoms with Crippen LogP contribution in [0.2, 0.25) is 0 Å². The Bertz CT molecular complexity index is 338. The second-order valence-electron chi connectivity index (χ2n) is 3.56. The molecule has 0 radical (unpaired) electrons. The van der Waals surface area contributed by atoms with Crippen LogP contribution in [0.25, 0.3) is 0 Å². The maximum atomic E-state index is 11.1. The summed E-state index contributed by atoms with van der Waals surface area (Å²) in [4.78, 5) is 18.7. The smallest absolute Gasteiger partial charge is 0.319 e. The summed E-state index contributed by atoms with van der Waals surface area (Å²) in [6, 6.07) is 0. The lowest BCUT2D eigenvalue weighted by Gasteiger charge is -2.18. The molecule has 1 heterocycles. The second kappa shape index (κ2) is 6.60. The number of aryl methyl sites for hydroxylation is 1. The Morgan fingerprint density at radius 2 is 2.38 bits per heavy atom. The van der Waals surface area contributed by atoms with Gasteiger partial charge in [-0.15, -0.1) is 11.3 Å². The molecule has 0 aliphatic rings. The van der Waals surface area contributed by atoms with Crippen LogP contribution in [-0.2, 0) is 16.0 Å². The van der Waals surface area contributed by atoms with Gasteiger partial charge in [0.15, 0.2) is 0 Å². The Hall–Kier alpha value is -0.940. The minimum atomic E-state index is -0.178. The van der Waals surface area contributed by atoms with E-state index in [0.29, 0.717) is 6.54 Å². The molecule has 0 fully saturated rings. The van der Waals surface area contributed by atoms with Crippen molar-refractivity contribution >= 4 is 17.3 Å². The molecule has 5 heteroatoms. The monoisotopic (exact) mass is 242 g/mol. The molecule has 0 spiro atoms. The molecule has 90 valence electrons. The van der Waals surface area contributed by atoms with Crippen LogP contribution in [0.15, 0.2) is 5.51 Å². The van der Waals surface area contributed by atoms with Gasteiger partial charge in [-0.25, -0.2) is 4.98 Å². The van der Waals surface area contributed by atoms with Crippen LogP contribution in [0.4, 0.5) is 0 Å². The molecule has 0 atom stereocenters. The average Bonchev–Trinajstić information content (AvgIpc) is 2.69. The Balaban J connectivity index is 2.40. The number of hydrogen-bond donors (Lipinski definition) is 0. The molecule has 0 aliphatic carbocycles. The van der Waals surface area contributed by atoms with E-state index in [4.69, 9.17) is 0 Å². The molecule has 0 bridgehead atoms. The van der Waals surface area contributed by atoms with E-state index in [-0.39, 0.29) is 5.97 Å². The molecule has 0 aliphatic heterocycles. The van der Waals surface area contributed by atoms with E-state index in [0.717, 1.165) is 25.2 Å². The Labute approximate surface area is 100 Å². The molecule has 0 saturated heterocycles. The molecule has 0 aromatic carbocycles. The third-order valence-electron chi connectivity index (χ3n) is 2.53. The summed E-state index contributed by atoms with van der Waals surface area (Å²) in [5, 5.41) is 0. The zero-order valence-electron chi connectivity index (χ0n) is 10.0. The highest BCUT2D eigenvalue weighted by Crippen LogP contribution is 2.13. The van der Waals surface area contributed by atoms with Crippen LogP contribution in [-0.4, -0.2) is 42.6 Å². The predicted molar refractivity (Wildman–Crippen MR) is 64.7 cm³/mol. The average molecular weight is 242 g/mol. The molecule has 0 unspecified atom stereocenters. The summed E-state index contributed by atoms with van der Waals surface area (Å²) >= 11 is 1.67. The number of likely N-dealkylation sites (N-methyl/N-ethyl adjacent to an activating group) is 1. The van der Waals surface area contributed by atoms with Crippen LogP contribution < -0.4 is 0 Å². The summed E-state index contributed by atoms with van der Waals surface area (Å²) in [5.41, 5.74) is 2.96. The Morgan fingerprint density at radius 3 is 2.88 bits per heavy atom. The number of thiazole rings is 1. The number of carbonyl (C=O) groups excluding carboxylic acids is 1.